The lowest BCUT2D eigenvalue weighted by Crippen LogP contribution is -2.32. The van der Waals surface area contributed by atoms with Gasteiger partial charge in [-0.3, -0.25) is 9.36 Å². The molecule has 1 fully saturated rings. The van der Waals surface area contributed by atoms with Crippen LogP contribution in [0.15, 0.2) is 23.3 Å². The molecule has 128 valence electrons. The van der Waals surface area contributed by atoms with Crippen LogP contribution in [0.5, 0.6) is 0 Å². The van der Waals surface area contributed by atoms with Crippen LogP contribution >= 0.6 is 0 Å². The van der Waals surface area contributed by atoms with Gasteiger partial charge in [0.2, 0.25) is 5.91 Å². The normalized spacial score (nSPS) is 18.4. The highest BCUT2D eigenvalue weighted by Crippen LogP contribution is 2.28. The van der Waals surface area contributed by atoms with E-state index in [1.165, 1.54) is 0 Å². The number of pyridine rings is 1. The minimum atomic E-state index is -0.146. The highest BCUT2D eigenvalue weighted by molar-refractivity contribution is 6.00. The molecule has 0 radical (unpaired) electrons. The number of H-pyrrole nitrogens is 2. The quantitative estimate of drug-likeness (QED) is 0.740. The Kier molecular flexibility index (Phi) is 3.76. The number of carbonyl (C=O) groups excluding carboxylic acids is 1. The molecule has 4 heterocycles. The fraction of sp³-hybridized carbons (Fsp3) is 0.412. The Morgan fingerprint density at radius 1 is 1.40 bits per heavy atom. The van der Waals surface area contributed by atoms with Crippen LogP contribution in [0.25, 0.3) is 22.1 Å². The number of amides is 1. The van der Waals surface area contributed by atoms with Crippen molar-refractivity contribution in [2.75, 3.05) is 13.1 Å². The summed E-state index contributed by atoms with van der Waals surface area (Å²) in [6, 6.07) is 3.85. The Labute approximate surface area is 143 Å². The number of likely N-dealkylation sites (tertiary alicyclic amines) is 1. The molecule has 1 atom stereocenters. The van der Waals surface area contributed by atoms with Gasteiger partial charge in [0.15, 0.2) is 0 Å². The lowest BCUT2D eigenvalue weighted by Gasteiger charge is -2.19. The Morgan fingerprint density at radius 2 is 2.28 bits per heavy atom. The molecule has 1 amide bonds. The molecule has 1 unspecified atom stereocenters. The second-order valence-electron chi connectivity index (χ2n) is 6.36. The van der Waals surface area contributed by atoms with E-state index in [9.17, 15) is 9.59 Å². The number of aromatic nitrogens is 4. The number of nitriles is 1. The third kappa shape index (κ3) is 2.58. The zero-order chi connectivity index (χ0) is 17.4. The molecule has 0 bridgehead atoms. The summed E-state index contributed by atoms with van der Waals surface area (Å²) < 4.78 is 1.81. The van der Waals surface area contributed by atoms with Gasteiger partial charge < -0.3 is 14.9 Å². The predicted molar refractivity (Wildman–Crippen MR) is 91.9 cm³/mol. The van der Waals surface area contributed by atoms with Crippen LogP contribution in [0.2, 0.25) is 0 Å². The van der Waals surface area contributed by atoms with Crippen molar-refractivity contribution in [1.29, 1.82) is 5.26 Å². The molecule has 4 rings (SSSR count). The van der Waals surface area contributed by atoms with Crippen LogP contribution < -0.4 is 5.69 Å². The summed E-state index contributed by atoms with van der Waals surface area (Å²) in [5.74, 6) is -0.133. The number of hydrogen-bond donors (Lipinski definition) is 2. The fourth-order valence-corrected chi connectivity index (χ4v) is 3.74. The maximum Gasteiger partial charge on any atom is 0.326 e. The highest BCUT2D eigenvalue weighted by atomic mass is 16.2. The Bertz CT molecular complexity index is 1040. The van der Waals surface area contributed by atoms with Crippen LogP contribution in [-0.4, -0.2) is 43.4 Å². The Morgan fingerprint density at radius 3 is 3.12 bits per heavy atom. The topological polar surface area (TPSA) is 111 Å². The molecule has 1 saturated heterocycles. The third-order valence-corrected chi connectivity index (χ3v) is 4.91. The maximum absolute atomic E-state index is 12.6. The summed E-state index contributed by atoms with van der Waals surface area (Å²) in [6.45, 7) is 1.20. The molecule has 3 aromatic heterocycles. The Balaban J connectivity index is 1.71. The molecule has 1 aliphatic rings. The van der Waals surface area contributed by atoms with Gasteiger partial charge in [-0.1, -0.05) is 0 Å². The minimum Gasteiger partial charge on any atom is -0.346 e. The zero-order valence-electron chi connectivity index (χ0n) is 13.7. The number of aromatic amines is 2. The van der Waals surface area contributed by atoms with Gasteiger partial charge in [-0.15, -0.1) is 0 Å². The zero-order valence-corrected chi connectivity index (χ0v) is 13.7. The number of rotatable bonds is 2. The molecule has 1 aliphatic heterocycles. The lowest BCUT2D eigenvalue weighted by atomic mass is 10.1. The monoisotopic (exact) mass is 338 g/mol. The van der Waals surface area contributed by atoms with Crippen LogP contribution in [0.1, 0.15) is 31.7 Å². The van der Waals surface area contributed by atoms with Crippen molar-refractivity contribution in [3.05, 3.63) is 28.9 Å². The summed E-state index contributed by atoms with van der Waals surface area (Å²) in [7, 11) is 0. The van der Waals surface area contributed by atoms with Gasteiger partial charge >= 0.3 is 5.69 Å². The summed E-state index contributed by atoms with van der Waals surface area (Å²) in [4.78, 5) is 36.6. The second kappa shape index (κ2) is 6.09. The molecule has 0 aliphatic carbocycles. The third-order valence-electron chi connectivity index (χ3n) is 4.91. The van der Waals surface area contributed by atoms with E-state index in [-0.39, 0.29) is 24.1 Å². The average molecular weight is 338 g/mol. The van der Waals surface area contributed by atoms with Crippen LogP contribution in [0.4, 0.5) is 0 Å². The second-order valence-corrected chi connectivity index (χ2v) is 6.36. The van der Waals surface area contributed by atoms with E-state index < -0.39 is 0 Å². The maximum atomic E-state index is 12.6. The number of fused-ring (bicyclic) bond motifs is 3. The Hall–Kier alpha value is -3.08. The summed E-state index contributed by atoms with van der Waals surface area (Å²) in [6.07, 6.45) is 5.71. The summed E-state index contributed by atoms with van der Waals surface area (Å²) in [5, 5.41) is 9.63. The average Bonchev–Trinajstić information content (AvgIpc) is 3.11. The van der Waals surface area contributed by atoms with Gasteiger partial charge in [0, 0.05) is 30.7 Å². The number of imidazole rings is 1. The van der Waals surface area contributed by atoms with E-state index in [0.29, 0.717) is 19.5 Å². The predicted octanol–water partition coefficient (Wildman–Crippen LogP) is 1.67. The molecule has 25 heavy (non-hydrogen) atoms. The first-order valence-electron chi connectivity index (χ1n) is 8.40. The van der Waals surface area contributed by atoms with Crippen LogP contribution in [-0.2, 0) is 4.79 Å². The molecule has 3 aromatic rings. The van der Waals surface area contributed by atoms with Gasteiger partial charge in [0.05, 0.1) is 23.3 Å². The first-order valence-corrected chi connectivity index (χ1v) is 8.40. The highest BCUT2D eigenvalue weighted by Gasteiger charge is 2.24. The van der Waals surface area contributed by atoms with Crippen molar-refractivity contribution in [3.8, 4) is 6.07 Å². The van der Waals surface area contributed by atoms with Gasteiger partial charge in [0.1, 0.15) is 12.1 Å². The van der Waals surface area contributed by atoms with Gasteiger partial charge in [-0.2, -0.15) is 5.26 Å². The van der Waals surface area contributed by atoms with Crippen LogP contribution in [0, 0.1) is 11.3 Å². The first kappa shape index (κ1) is 15.4. The van der Waals surface area contributed by atoms with E-state index >= 15 is 0 Å². The molecular formula is C17H18N6O2. The number of nitrogens with one attached hydrogen (secondary N) is 2. The van der Waals surface area contributed by atoms with Crippen LogP contribution in [0.3, 0.4) is 0 Å². The van der Waals surface area contributed by atoms with Gasteiger partial charge in [0.25, 0.3) is 0 Å². The molecular weight excluding hydrogens is 320 g/mol. The molecule has 0 spiro atoms. The van der Waals surface area contributed by atoms with Crippen molar-refractivity contribution < 1.29 is 4.79 Å². The SMILES string of the molecule is N#CCC(=O)N1CCCC(n2c(=O)[nH]c3cnc4[nH]ccc4c32)CC1. The number of carbonyl (C=O) groups is 1. The van der Waals surface area contributed by atoms with Crippen molar-refractivity contribution in [2.24, 2.45) is 0 Å². The van der Waals surface area contributed by atoms with E-state index in [1.54, 1.807) is 11.1 Å². The standard InChI is InChI=1S/C17H18N6O2/c18-6-3-14(24)22-8-1-2-11(5-9-22)23-15-12-4-7-19-16(12)20-10-13(15)21-17(23)25/h4,7,10-11H,1-3,5,8-9H2,(H,19,20)(H,21,25). The number of nitrogens with zero attached hydrogens (tertiary/aromatic N) is 4. The molecule has 0 aromatic carbocycles. The minimum absolute atomic E-state index is 0.0154. The molecule has 0 saturated carbocycles. The molecule has 8 nitrogen and oxygen atoms in total. The molecule has 8 heteroatoms. The first-order chi connectivity index (χ1) is 12.2. The van der Waals surface area contributed by atoms with Gasteiger partial charge in [-0.25, -0.2) is 9.78 Å². The largest absolute Gasteiger partial charge is 0.346 e. The lowest BCUT2D eigenvalue weighted by molar-refractivity contribution is -0.130. The number of hydrogen-bond acceptors (Lipinski definition) is 4. The summed E-state index contributed by atoms with van der Waals surface area (Å²) in [5.41, 5.74) is 2.18. The smallest absolute Gasteiger partial charge is 0.326 e. The fourth-order valence-electron chi connectivity index (χ4n) is 3.74. The van der Waals surface area contributed by atoms with E-state index in [1.807, 2.05) is 22.9 Å². The molecule has 2 N–H and O–H groups in total. The van der Waals surface area contributed by atoms with Gasteiger partial charge in [-0.05, 0) is 25.3 Å². The summed E-state index contributed by atoms with van der Waals surface area (Å²) >= 11 is 0. The van der Waals surface area contributed by atoms with E-state index in [0.717, 1.165) is 34.9 Å². The van der Waals surface area contributed by atoms with Crippen molar-refractivity contribution in [1.82, 2.24) is 24.4 Å². The van der Waals surface area contributed by atoms with Crippen molar-refractivity contribution >= 4 is 28.0 Å². The van der Waals surface area contributed by atoms with Crippen molar-refractivity contribution in [3.63, 3.8) is 0 Å². The van der Waals surface area contributed by atoms with E-state index in [4.69, 9.17) is 5.26 Å². The van der Waals surface area contributed by atoms with E-state index in [2.05, 4.69) is 15.0 Å². The van der Waals surface area contributed by atoms with Crippen molar-refractivity contribution in [2.45, 2.75) is 31.7 Å².